The number of anilines is 1. The highest BCUT2D eigenvalue weighted by atomic mass is 31.2. The van der Waals surface area contributed by atoms with E-state index in [0.717, 1.165) is 10.9 Å². The van der Waals surface area contributed by atoms with Crippen LogP contribution in [0.15, 0.2) is 6.33 Å². The molecule has 132 valence electrons. The minimum Gasteiger partial charge on any atom is -0.387 e. The first-order valence-electron chi connectivity index (χ1n) is 6.54. The van der Waals surface area contributed by atoms with Crippen LogP contribution in [0, 0.1) is 6.08 Å². The van der Waals surface area contributed by atoms with Crippen LogP contribution in [0.3, 0.4) is 0 Å². The second kappa shape index (κ2) is 5.97. The van der Waals surface area contributed by atoms with E-state index in [1.807, 2.05) is 0 Å². The van der Waals surface area contributed by atoms with Crippen molar-refractivity contribution in [1.29, 1.82) is 0 Å². The van der Waals surface area contributed by atoms with Crippen molar-refractivity contribution in [2.24, 2.45) is 0 Å². The van der Waals surface area contributed by atoms with Gasteiger partial charge in [-0.05, 0) is 0 Å². The SMILES string of the molecule is Nc1nc(F)nc2c1ncn2[C@@H]1OC(COP(=O)(O)O)[C@@H](O)[C@@H]1O. The molecule has 1 saturated heterocycles. The molecule has 0 saturated carbocycles. The van der Waals surface area contributed by atoms with Gasteiger partial charge in [0.05, 0.1) is 12.9 Å². The summed E-state index contributed by atoms with van der Waals surface area (Å²) in [5.41, 5.74) is 5.52. The molecule has 2 aromatic heterocycles. The number of phosphoric acid groups is 1. The van der Waals surface area contributed by atoms with Crippen LogP contribution in [0.1, 0.15) is 6.23 Å². The predicted molar refractivity (Wildman–Crippen MR) is 73.6 cm³/mol. The number of aromatic nitrogens is 4. The Morgan fingerprint density at radius 1 is 1.38 bits per heavy atom. The van der Waals surface area contributed by atoms with Crippen molar-refractivity contribution in [3.63, 3.8) is 0 Å². The van der Waals surface area contributed by atoms with Crippen molar-refractivity contribution >= 4 is 24.8 Å². The number of nitrogen functional groups attached to an aromatic ring is 1. The monoisotopic (exact) mass is 365 g/mol. The zero-order valence-corrected chi connectivity index (χ0v) is 12.7. The van der Waals surface area contributed by atoms with Crippen LogP contribution in [0.25, 0.3) is 11.2 Å². The van der Waals surface area contributed by atoms with E-state index < -0.39 is 45.0 Å². The fraction of sp³-hybridized carbons (Fsp3) is 0.500. The Morgan fingerprint density at radius 3 is 2.75 bits per heavy atom. The number of hydrogen-bond acceptors (Lipinski definition) is 9. The van der Waals surface area contributed by atoms with Crippen LogP contribution in [0.5, 0.6) is 0 Å². The van der Waals surface area contributed by atoms with Gasteiger partial charge in [-0.3, -0.25) is 9.09 Å². The summed E-state index contributed by atoms with van der Waals surface area (Å²) in [6, 6.07) is 0. The Hall–Kier alpha value is -1.73. The second-order valence-electron chi connectivity index (χ2n) is 5.03. The highest BCUT2D eigenvalue weighted by molar-refractivity contribution is 7.46. The number of fused-ring (bicyclic) bond motifs is 1. The lowest BCUT2D eigenvalue weighted by atomic mass is 10.1. The predicted octanol–water partition coefficient (Wildman–Crippen LogP) is -1.72. The number of nitrogens with two attached hydrogens (primary N) is 1. The lowest BCUT2D eigenvalue weighted by Crippen LogP contribution is -2.33. The zero-order valence-electron chi connectivity index (χ0n) is 11.8. The molecule has 0 aliphatic carbocycles. The largest absolute Gasteiger partial charge is 0.469 e. The Labute approximate surface area is 132 Å². The summed E-state index contributed by atoms with van der Waals surface area (Å²) < 4.78 is 34.8. The van der Waals surface area contributed by atoms with Crippen molar-refractivity contribution in [2.75, 3.05) is 12.3 Å². The van der Waals surface area contributed by atoms with Crippen LogP contribution in [-0.4, -0.2) is 64.4 Å². The number of aliphatic hydroxyl groups is 2. The lowest BCUT2D eigenvalue weighted by molar-refractivity contribution is -0.0504. The summed E-state index contributed by atoms with van der Waals surface area (Å²) in [5.74, 6) is -0.217. The number of phosphoric ester groups is 1. The van der Waals surface area contributed by atoms with Gasteiger partial charge in [0.2, 0.25) is 0 Å². The number of rotatable bonds is 4. The first-order chi connectivity index (χ1) is 11.2. The van der Waals surface area contributed by atoms with Gasteiger partial charge in [0, 0.05) is 0 Å². The number of nitrogens with zero attached hydrogens (tertiary/aromatic N) is 4. The molecule has 0 radical (unpaired) electrons. The number of aliphatic hydroxyl groups excluding tert-OH is 2. The molecule has 0 spiro atoms. The molecular weight excluding hydrogens is 352 g/mol. The van der Waals surface area contributed by atoms with Crippen molar-refractivity contribution in [3.8, 4) is 0 Å². The van der Waals surface area contributed by atoms with E-state index in [4.69, 9.17) is 20.3 Å². The van der Waals surface area contributed by atoms with Crippen molar-refractivity contribution < 1.29 is 38.2 Å². The average Bonchev–Trinajstić information content (AvgIpc) is 3.00. The number of ether oxygens (including phenoxy) is 1. The van der Waals surface area contributed by atoms with Crippen LogP contribution in [0.2, 0.25) is 0 Å². The number of hydrogen-bond donors (Lipinski definition) is 5. The summed E-state index contributed by atoms with van der Waals surface area (Å²) in [6.45, 7) is -0.670. The quantitative estimate of drug-likeness (QED) is 0.306. The second-order valence-corrected chi connectivity index (χ2v) is 6.27. The minimum atomic E-state index is -4.78. The molecule has 14 heteroatoms. The fourth-order valence-electron chi connectivity index (χ4n) is 2.36. The highest BCUT2D eigenvalue weighted by Crippen LogP contribution is 2.38. The molecule has 0 amide bonds. The van der Waals surface area contributed by atoms with E-state index in [1.165, 1.54) is 0 Å². The molecule has 1 unspecified atom stereocenters. The van der Waals surface area contributed by atoms with E-state index in [2.05, 4.69) is 19.5 Å². The summed E-state index contributed by atoms with van der Waals surface area (Å²) in [5, 5.41) is 20.0. The van der Waals surface area contributed by atoms with Gasteiger partial charge < -0.3 is 30.5 Å². The average molecular weight is 365 g/mol. The molecule has 2 aromatic rings. The van der Waals surface area contributed by atoms with Gasteiger partial charge in [-0.25, -0.2) is 9.55 Å². The topological polar surface area (TPSA) is 186 Å². The van der Waals surface area contributed by atoms with Gasteiger partial charge in [-0.15, -0.1) is 0 Å². The van der Waals surface area contributed by atoms with E-state index in [0.29, 0.717) is 0 Å². The summed E-state index contributed by atoms with van der Waals surface area (Å²) >= 11 is 0. The molecular formula is C10H13FN5O7P. The van der Waals surface area contributed by atoms with Crippen LogP contribution < -0.4 is 5.73 Å². The molecule has 6 N–H and O–H groups in total. The Morgan fingerprint density at radius 2 is 2.08 bits per heavy atom. The Bertz CT molecular complexity index is 812. The molecule has 4 atom stereocenters. The Kier molecular flexibility index (Phi) is 4.25. The zero-order chi connectivity index (χ0) is 17.6. The van der Waals surface area contributed by atoms with E-state index in [-0.39, 0.29) is 17.0 Å². The summed E-state index contributed by atoms with van der Waals surface area (Å²) in [4.78, 5) is 28.1. The molecule has 1 aliphatic rings. The van der Waals surface area contributed by atoms with Gasteiger partial charge in [0.25, 0.3) is 0 Å². The van der Waals surface area contributed by atoms with Crippen LogP contribution in [-0.2, 0) is 13.8 Å². The molecule has 1 aliphatic heterocycles. The molecule has 0 bridgehead atoms. The maximum Gasteiger partial charge on any atom is 0.469 e. The molecule has 3 rings (SSSR count). The fourth-order valence-corrected chi connectivity index (χ4v) is 2.71. The lowest BCUT2D eigenvalue weighted by Gasteiger charge is -2.16. The van der Waals surface area contributed by atoms with Gasteiger partial charge in [-0.1, -0.05) is 0 Å². The van der Waals surface area contributed by atoms with Gasteiger partial charge in [-0.2, -0.15) is 14.4 Å². The van der Waals surface area contributed by atoms with Gasteiger partial charge in [0.1, 0.15) is 18.3 Å². The first kappa shape index (κ1) is 17.1. The maximum absolute atomic E-state index is 13.3. The van der Waals surface area contributed by atoms with Crippen molar-refractivity contribution in [1.82, 2.24) is 19.5 Å². The normalized spacial score (nSPS) is 27.9. The van der Waals surface area contributed by atoms with E-state index >= 15 is 0 Å². The smallest absolute Gasteiger partial charge is 0.387 e. The van der Waals surface area contributed by atoms with Crippen LogP contribution >= 0.6 is 7.82 Å². The molecule has 24 heavy (non-hydrogen) atoms. The van der Waals surface area contributed by atoms with Gasteiger partial charge in [0.15, 0.2) is 23.2 Å². The third kappa shape index (κ3) is 3.10. The van der Waals surface area contributed by atoms with Crippen LogP contribution in [0.4, 0.5) is 10.2 Å². The first-order valence-corrected chi connectivity index (χ1v) is 8.07. The molecule has 0 aromatic carbocycles. The Balaban J connectivity index is 1.89. The van der Waals surface area contributed by atoms with Gasteiger partial charge >= 0.3 is 13.9 Å². The summed E-state index contributed by atoms with van der Waals surface area (Å²) in [6.07, 6.45) is -5.46. The third-order valence-corrected chi connectivity index (χ3v) is 3.92. The molecule has 1 fully saturated rings. The van der Waals surface area contributed by atoms with Crippen molar-refractivity contribution in [2.45, 2.75) is 24.5 Å². The minimum absolute atomic E-state index is 0.0663. The number of imidazole rings is 1. The van der Waals surface area contributed by atoms with Crippen molar-refractivity contribution in [3.05, 3.63) is 12.4 Å². The number of halogens is 1. The van der Waals surface area contributed by atoms with E-state index in [1.54, 1.807) is 0 Å². The summed E-state index contributed by atoms with van der Waals surface area (Å²) in [7, 11) is -4.78. The maximum atomic E-state index is 13.3. The molecule has 12 nitrogen and oxygen atoms in total. The molecule has 3 heterocycles. The standard InChI is InChI=1S/C10H13FN5O7P/c11-10-14-7(12)4-8(15-10)16(2-13-4)9-6(18)5(17)3(23-9)1-22-24(19,20)21/h2-3,5-6,9,17-18H,1H2,(H2,12,14,15)(H2,19,20,21)/t3?,5-,6+,9-/m1/s1. The third-order valence-electron chi connectivity index (χ3n) is 3.44. The highest BCUT2D eigenvalue weighted by Gasteiger charge is 2.45. The van der Waals surface area contributed by atoms with E-state index in [9.17, 15) is 19.2 Å².